The Morgan fingerprint density at radius 1 is 1.44 bits per heavy atom. The molecule has 6 heteroatoms. The van der Waals surface area contributed by atoms with Gasteiger partial charge >= 0.3 is 0 Å². The average Bonchev–Trinajstić information content (AvgIpc) is 2.83. The lowest BCUT2D eigenvalue weighted by Gasteiger charge is -2.15. The second-order valence-corrected chi connectivity index (χ2v) is 5.12. The van der Waals surface area contributed by atoms with Gasteiger partial charge in [-0.05, 0) is 25.6 Å². The lowest BCUT2D eigenvalue weighted by molar-refractivity contribution is -0.122. The largest absolute Gasteiger partial charge is 0.476 e. The fraction of sp³-hybridized carbons (Fsp3) is 0.600. The molecule has 0 aromatic rings. The van der Waals surface area contributed by atoms with E-state index in [9.17, 15) is 4.79 Å². The number of thioether (sulfide) groups is 1. The van der Waals surface area contributed by atoms with E-state index in [4.69, 9.17) is 17.0 Å². The SMILES string of the molecule is CCN1CCOC1=C1SC(=S)N(CC)C1=O. The molecule has 4 nitrogen and oxygen atoms in total. The molecule has 0 bridgehead atoms. The van der Waals surface area contributed by atoms with Gasteiger partial charge < -0.3 is 9.64 Å². The number of hydrogen-bond acceptors (Lipinski definition) is 5. The minimum absolute atomic E-state index is 0.0205. The van der Waals surface area contributed by atoms with Crippen molar-refractivity contribution >= 4 is 34.2 Å². The summed E-state index contributed by atoms with van der Waals surface area (Å²) in [6, 6.07) is 0. The summed E-state index contributed by atoms with van der Waals surface area (Å²) in [5.41, 5.74) is 0. The van der Waals surface area contributed by atoms with Crippen LogP contribution in [-0.4, -0.2) is 46.3 Å². The third-order valence-corrected chi connectivity index (χ3v) is 4.05. The van der Waals surface area contributed by atoms with Gasteiger partial charge in [-0.15, -0.1) is 0 Å². The predicted octanol–water partition coefficient (Wildman–Crippen LogP) is 1.39. The maximum absolute atomic E-state index is 12.0. The summed E-state index contributed by atoms with van der Waals surface area (Å²) in [6.07, 6.45) is 0. The molecule has 1 amide bonds. The number of likely N-dealkylation sites (N-methyl/N-ethyl adjacent to an activating group) is 2. The van der Waals surface area contributed by atoms with Crippen LogP contribution in [0.2, 0.25) is 0 Å². The van der Waals surface area contributed by atoms with Crippen LogP contribution in [0.3, 0.4) is 0 Å². The van der Waals surface area contributed by atoms with Crippen LogP contribution in [0.1, 0.15) is 13.8 Å². The molecule has 0 saturated carbocycles. The standard InChI is InChI=1S/C10H14N2O2S2/c1-3-11-5-6-14-9(11)7-8(13)12(4-2)10(15)16-7/h3-6H2,1-2H3. The molecular weight excluding hydrogens is 244 g/mol. The van der Waals surface area contributed by atoms with E-state index in [-0.39, 0.29) is 5.91 Å². The summed E-state index contributed by atoms with van der Waals surface area (Å²) < 4.78 is 6.16. The molecule has 2 aliphatic heterocycles. The highest BCUT2D eigenvalue weighted by Crippen LogP contribution is 2.35. The first-order valence-corrected chi connectivity index (χ1v) is 6.57. The van der Waals surface area contributed by atoms with Gasteiger partial charge in [-0.1, -0.05) is 12.2 Å². The predicted molar refractivity (Wildman–Crippen MR) is 67.8 cm³/mol. The summed E-state index contributed by atoms with van der Waals surface area (Å²) >= 11 is 6.51. The van der Waals surface area contributed by atoms with Gasteiger partial charge in [-0.25, -0.2) is 0 Å². The Morgan fingerprint density at radius 2 is 2.19 bits per heavy atom. The zero-order valence-corrected chi connectivity index (χ0v) is 11.0. The van der Waals surface area contributed by atoms with Crippen molar-refractivity contribution < 1.29 is 9.53 Å². The zero-order chi connectivity index (χ0) is 11.7. The Balaban J connectivity index is 2.31. The molecule has 0 radical (unpaired) electrons. The number of amides is 1. The molecule has 0 aromatic heterocycles. The van der Waals surface area contributed by atoms with Gasteiger partial charge in [0.1, 0.15) is 15.8 Å². The van der Waals surface area contributed by atoms with Gasteiger partial charge in [0.15, 0.2) is 0 Å². The van der Waals surface area contributed by atoms with Gasteiger partial charge in [0.2, 0.25) is 5.88 Å². The molecule has 2 saturated heterocycles. The van der Waals surface area contributed by atoms with Crippen molar-refractivity contribution in [2.75, 3.05) is 26.2 Å². The highest BCUT2D eigenvalue weighted by Gasteiger charge is 2.37. The van der Waals surface area contributed by atoms with Crippen LogP contribution in [0.5, 0.6) is 0 Å². The number of hydrogen-bond donors (Lipinski definition) is 0. The fourth-order valence-corrected chi connectivity index (χ4v) is 3.19. The highest BCUT2D eigenvalue weighted by molar-refractivity contribution is 8.26. The number of thiocarbonyl (C=S) groups is 1. The second-order valence-electron chi connectivity index (χ2n) is 3.48. The van der Waals surface area contributed by atoms with E-state index in [1.807, 2.05) is 6.92 Å². The van der Waals surface area contributed by atoms with Crippen LogP contribution >= 0.6 is 24.0 Å². The van der Waals surface area contributed by atoms with Crippen LogP contribution in [0.25, 0.3) is 0 Å². The molecule has 0 spiro atoms. The molecule has 2 fully saturated rings. The van der Waals surface area contributed by atoms with Crippen LogP contribution < -0.4 is 0 Å². The molecular formula is C10H14N2O2S2. The van der Waals surface area contributed by atoms with E-state index >= 15 is 0 Å². The summed E-state index contributed by atoms with van der Waals surface area (Å²) in [5, 5.41) is 0. The third-order valence-electron chi connectivity index (χ3n) is 2.63. The van der Waals surface area contributed by atoms with E-state index in [0.717, 1.165) is 13.1 Å². The van der Waals surface area contributed by atoms with Crippen molar-refractivity contribution in [2.45, 2.75) is 13.8 Å². The number of ether oxygens (including phenoxy) is 1. The van der Waals surface area contributed by atoms with Crippen molar-refractivity contribution in [3.05, 3.63) is 10.8 Å². The average molecular weight is 258 g/mol. The Hall–Kier alpha value is -0.750. The molecule has 0 aliphatic carbocycles. The first-order valence-electron chi connectivity index (χ1n) is 5.34. The Morgan fingerprint density at radius 3 is 2.75 bits per heavy atom. The molecule has 2 rings (SSSR count). The summed E-state index contributed by atoms with van der Waals surface area (Å²) in [4.78, 5) is 16.4. The lowest BCUT2D eigenvalue weighted by atomic mass is 10.4. The molecule has 0 atom stereocenters. The molecule has 0 aromatic carbocycles. The normalized spacial score (nSPS) is 25.6. The molecule has 2 heterocycles. The quantitative estimate of drug-likeness (QED) is 0.552. The van der Waals surface area contributed by atoms with E-state index in [0.29, 0.717) is 28.3 Å². The van der Waals surface area contributed by atoms with Crippen molar-refractivity contribution in [1.29, 1.82) is 0 Å². The van der Waals surface area contributed by atoms with Crippen molar-refractivity contribution in [1.82, 2.24) is 9.80 Å². The third kappa shape index (κ3) is 1.80. The lowest BCUT2D eigenvalue weighted by Crippen LogP contribution is -2.28. The van der Waals surface area contributed by atoms with E-state index in [1.54, 1.807) is 4.90 Å². The van der Waals surface area contributed by atoms with Crippen molar-refractivity contribution in [3.63, 3.8) is 0 Å². The minimum atomic E-state index is -0.0205. The van der Waals surface area contributed by atoms with Crippen LogP contribution in [0.15, 0.2) is 10.8 Å². The number of carbonyl (C=O) groups excluding carboxylic acids is 1. The smallest absolute Gasteiger partial charge is 0.271 e. The highest BCUT2D eigenvalue weighted by atomic mass is 32.2. The summed E-state index contributed by atoms with van der Waals surface area (Å²) in [5.74, 6) is 0.684. The van der Waals surface area contributed by atoms with Gasteiger partial charge in [-0.2, -0.15) is 0 Å². The molecule has 0 N–H and O–H groups in total. The molecule has 0 unspecified atom stereocenters. The van der Waals surface area contributed by atoms with Gasteiger partial charge in [-0.3, -0.25) is 9.69 Å². The second kappa shape index (κ2) is 4.63. The van der Waals surface area contributed by atoms with Crippen LogP contribution in [0.4, 0.5) is 0 Å². The van der Waals surface area contributed by atoms with Crippen molar-refractivity contribution in [2.24, 2.45) is 0 Å². The van der Waals surface area contributed by atoms with Gasteiger partial charge in [0.05, 0.1) is 6.54 Å². The van der Waals surface area contributed by atoms with Gasteiger partial charge in [0, 0.05) is 13.1 Å². The summed E-state index contributed by atoms with van der Waals surface area (Å²) in [6.45, 7) is 6.95. The first kappa shape index (κ1) is 11.7. The maximum atomic E-state index is 12.0. The number of nitrogens with zero attached hydrogens (tertiary/aromatic N) is 2. The molecule has 2 aliphatic rings. The Bertz CT molecular complexity index is 368. The molecule has 88 valence electrons. The molecule has 16 heavy (non-hydrogen) atoms. The minimum Gasteiger partial charge on any atom is -0.476 e. The van der Waals surface area contributed by atoms with E-state index < -0.39 is 0 Å². The monoisotopic (exact) mass is 258 g/mol. The fourth-order valence-electron chi connectivity index (χ4n) is 1.76. The van der Waals surface area contributed by atoms with Crippen LogP contribution in [0, 0.1) is 0 Å². The van der Waals surface area contributed by atoms with Crippen LogP contribution in [-0.2, 0) is 9.53 Å². The summed E-state index contributed by atoms with van der Waals surface area (Å²) in [7, 11) is 0. The number of rotatable bonds is 2. The van der Waals surface area contributed by atoms with Gasteiger partial charge in [0.25, 0.3) is 5.91 Å². The van der Waals surface area contributed by atoms with E-state index in [2.05, 4.69) is 11.8 Å². The first-order chi connectivity index (χ1) is 7.69. The van der Waals surface area contributed by atoms with Crippen molar-refractivity contribution in [3.8, 4) is 0 Å². The Kier molecular flexibility index (Phi) is 3.39. The topological polar surface area (TPSA) is 32.8 Å². The number of carbonyl (C=O) groups is 1. The Labute approximate surface area is 105 Å². The van der Waals surface area contributed by atoms with E-state index in [1.165, 1.54) is 11.8 Å². The zero-order valence-electron chi connectivity index (χ0n) is 9.36. The maximum Gasteiger partial charge on any atom is 0.271 e.